The van der Waals surface area contributed by atoms with Gasteiger partial charge in [-0.2, -0.15) is 13.2 Å². The average Bonchev–Trinajstić information content (AvgIpc) is 2.65. The van der Waals surface area contributed by atoms with Crippen molar-refractivity contribution in [3.05, 3.63) is 22.4 Å². The van der Waals surface area contributed by atoms with Gasteiger partial charge in [0.2, 0.25) is 15.0 Å². The fourth-order valence-corrected chi connectivity index (χ4v) is 2.59. The number of imide groups is 1. The third-order valence-corrected chi connectivity index (χ3v) is 3.93. The quantitative estimate of drug-likeness (QED) is 0.629. The lowest BCUT2D eigenvalue weighted by Gasteiger charge is -2.08. The lowest BCUT2D eigenvalue weighted by atomic mass is 10.3. The van der Waals surface area contributed by atoms with Crippen LogP contribution in [0.3, 0.4) is 0 Å². The number of carbonyl (C=O) groups is 2. The number of hydrogen-bond donors (Lipinski definition) is 1. The van der Waals surface area contributed by atoms with Gasteiger partial charge in [-0.1, -0.05) is 0 Å². The van der Waals surface area contributed by atoms with Crippen molar-refractivity contribution < 1.29 is 31.2 Å². The summed E-state index contributed by atoms with van der Waals surface area (Å²) in [6, 6.07) is 0.484. The highest BCUT2D eigenvalue weighted by Gasteiger charge is 2.35. The van der Waals surface area contributed by atoms with E-state index in [-0.39, 0.29) is 4.91 Å². The second kappa shape index (κ2) is 5.35. The van der Waals surface area contributed by atoms with Crippen LogP contribution < -0.4 is 5.32 Å². The zero-order chi connectivity index (χ0) is 16.7. The van der Waals surface area contributed by atoms with Gasteiger partial charge in [0.25, 0.3) is 11.1 Å². The van der Waals surface area contributed by atoms with Gasteiger partial charge < -0.3 is 0 Å². The smallest absolute Gasteiger partial charge is 0.282 e. The van der Waals surface area contributed by atoms with Gasteiger partial charge in [-0.15, -0.1) is 0 Å². The Morgan fingerprint density at radius 2 is 1.91 bits per heavy atom. The molecule has 1 saturated heterocycles. The number of nitrogens with one attached hydrogen (secondary N) is 1. The van der Waals surface area contributed by atoms with E-state index in [2.05, 4.69) is 9.97 Å². The summed E-state index contributed by atoms with van der Waals surface area (Å²) in [5.74, 6) is -0.803. The van der Waals surface area contributed by atoms with Crippen LogP contribution in [0.4, 0.5) is 18.0 Å². The van der Waals surface area contributed by atoms with Crippen LogP contribution in [0.15, 0.2) is 16.1 Å². The van der Waals surface area contributed by atoms with E-state index in [9.17, 15) is 31.2 Å². The van der Waals surface area contributed by atoms with Gasteiger partial charge in [-0.25, -0.2) is 18.4 Å². The molecule has 1 N–H and O–H groups in total. The molecule has 0 bridgehead atoms. The van der Waals surface area contributed by atoms with E-state index < -0.39 is 43.7 Å². The van der Waals surface area contributed by atoms with E-state index in [0.29, 0.717) is 24.1 Å². The molecule has 7 nitrogen and oxygen atoms in total. The summed E-state index contributed by atoms with van der Waals surface area (Å²) in [7, 11) is -4.09. The van der Waals surface area contributed by atoms with Gasteiger partial charge in [0.15, 0.2) is 0 Å². The molecule has 2 rings (SSSR count). The Bertz CT molecular complexity index is 802. The minimum atomic E-state index is -4.89. The van der Waals surface area contributed by atoms with E-state index >= 15 is 0 Å². The zero-order valence-electron chi connectivity index (χ0n) is 10.6. The normalized spacial score (nSPS) is 17.9. The molecule has 2 heterocycles. The Kier molecular flexibility index (Phi) is 4.00. The molecule has 0 saturated carbocycles. The van der Waals surface area contributed by atoms with Crippen LogP contribution in [0.2, 0.25) is 0 Å². The predicted octanol–water partition coefficient (Wildman–Crippen LogP) is 1.22. The highest BCUT2D eigenvalue weighted by Crippen LogP contribution is 2.30. The Morgan fingerprint density at radius 3 is 2.36 bits per heavy atom. The second-order valence-electron chi connectivity index (χ2n) is 4.08. The number of alkyl halides is 3. The Balaban J connectivity index is 2.59. The maximum absolute atomic E-state index is 12.7. The van der Waals surface area contributed by atoms with Gasteiger partial charge in [-0.3, -0.25) is 14.9 Å². The third kappa shape index (κ3) is 3.62. The van der Waals surface area contributed by atoms with Crippen molar-refractivity contribution in [1.29, 1.82) is 0 Å². The molecule has 0 unspecified atom stereocenters. The molecular weight excluding hydrogens is 347 g/mol. The summed E-state index contributed by atoms with van der Waals surface area (Å²) in [4.78, 5) is 28.6. The Morgan fingerprint density at radius 1 is 1.27 bits per heavy atom. The number of amides is 2. The third-order valence-electron chi connectivity index (χ3n) is 2.27. The largest absolute Gasteiger partial charge is 0.433 e. The first-order valence-corrected chi connectivity index (χ1v) is 8.09. The highest BCUT2D eigenvalue weighted by molar-refractivity contribution is 8.18. The predicted molar refractivity (Wildman–Crippen MR) is 69.3 cm³/mol. The Hall–Kier alpha value is -1.95. The summed E-state index contributed by atoms with van der Waals surface area (Å²) in [6.07, 6.45) is -3.35. The molecule has 0 radical (unpaired) electrons. The van der Waals surface area contributed by atoms with Gasteiger partial charge in [-0.05, 0) is 23.9 Å². The molecule has 1 aliphatic rings. The van der Waals surface area contributed by atoms with Crippen LogP contribution >= 0.6 is 11.8 Å². The number of aromatic nitrogens is 2. The van der Waals surface area contributed by atoms with Gasteiger partial charge >= 0.3 is 6.18 Å². The zero-order valence-corrected chi connectivity index (χ0v) is 12.3. The number of halogens is 3. The van der Waals surface area contributed by atoms with Crippen molar-refractivity contribution in [3.8, 4) is 0 Å². The second-order valence-corrected chi connectivity index (χ2v) is 7.01. The first kappa shape index (κ1) is 16.4. The van der Waals surface area contributed by atoms with Crippen LogP contribution in [0, 0.1) is 0 Å². The van der Waals surface area contributed by atoms with Crippen molar-refractivity contribution in [2.45, 2.75) is 11.3 Å². The van der Waals surface area contributed by atoms with E-state index in [1.165, 1.54) is 0 Å². The number of thioether (sulfide) groups is 1. The summed E-state index contributed by atoms with van der Waals surface area (Å²) in [5, 5.41) is 0.195. The Labute approximate surface area is 125 Å². The number of carbonyl (C=O) groups excluding carboxylic acids is 2. The fraction of sp³-hybridized carbons (Fsp3) is 0.200. The van der Waals surface area contributed by atoms with E-state index in [1.807, 2.05) is 5.32 Å². The van der Waals surface area contributed by atoms with E-state index in [0.717, 1.165) is 6.08 Å². The van der Waals surface area contributed by atoms with Crippen LogP contribution in [-0.2, 0) is 20.8 Å². The van der Waals surface area contributed by atoms with Crippen molar-refractivity contribution >= 4 is 38.8 Å². The van der Waals surface area contributed by atoms with Crippen LogP contribution in [0.1, 0.15) is 11.4 Å². The maximum Gasteiger partial charge on any atom is 0.433 e. The van der Waals surface area contributed by atoms with Crippen molar-refractivity contribution in [1.82, 2.24) is 15.3 Å². The van der Waals surface area contributed by atoms with Crippen LogP contribution in [0.5, 0.6) is 0 Å². The summed E-state index contributed by atoms with van der Waals surface area (Å²) < 4.78 is 61.0. The van der Waals surface area contributed by atoms with E-state index in [1.54, 1.807) is 0 Å². The highest BCUT2D eigenvalue weighted by atomic mass is 32.2. The van der Waals surface area contributed by atoms with Crippen molar-refractivity contribution in [2.24, 2.45) is 0 Å². The number of rotatable bonds is 2. The molecular formula is C10H6F3N3O4S2. The monoisotopic (exact) mass is 353 g/mol. The van der Waals surface area contributed by atoms with Crippen molar-refractivity contribution in [2.75, 3.05) is 6.26 Å². The number of sulfone groups is 1. The molecule has 1 aromatic rings. The molecule has 0 aromatic carbocycles. The molecule has 1 aromatic heterocycles. The van der Waals surface area contributed by atoms with Crippen molar-refractivity contribution in [3.63, 3.8) is 0 Å². The average molecular weight is 353 g/mol. The first-order valence-electron chi connectivity index (χ1n) is 5.38. The molecule has 12 heteroatoms. The number of hydrogen-bond acceptors (Lipinski definition) is 7. The molecule has 1 fully saturated rings. The van der Waals surface area contributed by atoms with E-state index in [4.69, 9.17) is 0 Å². The lowest BCUT2D eigenvalue weighted by Crippen LogP contribution is -2.18. The fourth-order valence-electron chi connectivity index (χ4n) is 1.38. The van der Waals surface area contributed by atoms with Crippen LogP contribution in [0.25, 0.3) is 6.08 Å². The molecule has 0 aliphatic carbocycles. The SMILES string of the molecule is CS(=O)(=O)c1nc(/C=C2/SC(=O)NC2=O)cc(C(F)(F)F)n1. The summed E-state index contributed by atoms with van der Waals surface area (Å²) in [5.41, 5.74) is -1.92. The molecule has 0 spiro atoms. The van der Waals surface area contributed by atoms with Gasteiger partial charge in [0.1, 0.15) is 5.69 Å². The lowest BCUT2D eigenvalue weighted by molar-refractivity contribution is -0.141. The molecule has 2 amide bonds. The molecule has 1 aliphatic heterocycles. The molecule has 22 heavy (non-hydrogen) atoms. The summed E-state index contributed by atoms with van der Waals surface area (Å²) >= 11 is 0.466. The maximum atomic E-state index is 12.7. The minimum Gasteiger partial charge on any atom is -0.282 e. The summed E-state index contributed by atoms with van der Waals surface area (Å²) in [6.45, 7) is 0. The van der Waals surface area contributed by atoms with Gasteiger partial charge in [0, 0.05) is 6.26 Å². The van der Waals surface area contributed by atoms with Gasteiger partial charge in [0.05, 0.1) is 10.6 Å². The molecule has 0 atom stereocenters. The number of nitrogens with zero attached hydrogens (tertiary/aromatic N) is 2. The standard InChI is InChI=1S/C10H6F3N3O4S2/c1-22(19,20)8-14-4(3-6(15-8)10(11,12)13)2-5-7(17)16-9(18)21-5/h2-3H,1H3,(H,16,17,18)/b5-2+. The minimum absolute atomic E-state index is 0.198. The van der Waals surface area contributed by atoms with Crippen LogP contribution in [-0.4, -0.2) is 35.8 Å². The topological polar surface area (TPSA) is 106 Å². The molecule has 118 valence electrons. The first-order chi connectivity index (χ1) is 9.96.